The number of likely N-dealkylation sites (tertiary alicyclic amines) is 1. The fourth-order valence-corrected chi connectivity index (χ4v) is 3.84. The Balaban J connectivity index is 1.99. The summed E-state index contributed by atoms with van der Waals surface area (Å²) in [5, 5.41) is 9.41. The SMILES string of the molecule is CC1CCCC(N2CCCC(C(C)(C)C(=O)O)C2)C1. The highest BCUT2D eigenvalue weighted by Gasteiger charge is 2.40. The van der Waals surface area contributed by atoms with Crippen LogP contribution in [0.1, 0.15) is 59.3 Å². The highest BCUT2D eigenvalue weighted by atomic mass is 16.4. The number of carbonyl (C=O) groups is 1. The molecular weight excluding hydrogens is 238 g/mol. The van der Waals surface area contributed by atoms with Gasteiger partial charge in [-0.1, -0.05) is 19.8 Å². The van der Waals surface area contributed by atoms with Crippen molar-refractivity contribution in [3.8, 4) is 0 Å². The van der Waals surface area contributed by atoms with Gasteiger partial charge in [-0.3, -0.25) is 4.79 Å². The van der Waals surface area contributed by atoms with Crippen LogP contribution in [-0.2, 0) is 4.79 Å². The van der Waals surface area contributed by atoms with Crippen molar-refractivity contribution < 1.29 is 9.90 Å². The van der Waals surface area contributed by atoms with Gasteiger partial charge >= 0.3 is 5.97 Å². The standard InChI is InChI=1S/C16H29NO2/c1-12-6-4-8-14(10-12)17-9-5-7-13(11-17)16(2,3)15(18)19/h12-14H,4-11H2,1-3H3,(H,18,19). The molecule has 1 aliphatic carbocycles. The molecule has 1 N–H and O–H groups in total. The molecule has 0 spiro atoms. The Kier molecular flexibility index (Phi) is 4.54. The number of aliphatic carboxylic acids is 1. The summed E-state index contributed by atoms with van der Waals surface area (Å²) in [5.74, 6) is 0.499. The van der Waals surface area contributed by atoms with Gasteiger partial charge in [0.05, 0.1) is 5.41 Å². The maximum absolute atomic E-state index is 11.4. The molecule has 0 aromatic heterocycles. The molecule has 2 fully saturated rings. The second-order valence-electron chi connectivity index (χ2n) is 7.29. The van der Waals surface area contributed by atoms with Gasteiger partial charge in [-0.2, -0.15) is 0 Å². The van der Waals surface area contributed by atoms with Crippen LogP contribution in [0.3, 0.4) is 0 Å². The van der Waals surface area contributed by atoms with Crippen LogP contribution in [0.4, 0.5) is 0 Å². The molecule has 3 unspecified atom stereocenters. The van der Waals surface area contributed by atoms with Crippen LogP contribution < -0.4 is 0 Å². The van der Waals surface area contributed by atoms with Gasteiger partial charge in [-0.05, 0) is 57.9 Å². The molecule has 1 saturated carbocycles. The van der Waals surface area contributed by atoms with E-state index in [1.807, 2.05) is 13.8 Å². The van der Waals surface area contributed by atoms with Crippen molar-refractivity contribution in [1.82, 2.24) is 4.90 Å². The third-order valence-corrected chi connectivity index (χ3v) is 5.45. The van der Waals surface area contributed by atoms with Gasteiger partial charge in [0.25, 0.3) is 0 Å². The number of carboxylic acid groups (broad SMARTS) is 1. The molecule has 1 aliphatic heterocycles. The second kappa shape index (κ2) is 5.82. The van der Waals surface area contributed by atoms with E-state index < -0.39 is 11.4 Å². The van der Waals surface area contributed by atoms with Crippen LogP contribution in [0.5, 0.6) is 0 Å². The van der Waals surface area contributed by atoms with Gasteiger partial charge in [0.15, 0.2) is 0 Å². The molecule has 3 nitrogen and oxygen atoms in total. The fraction of sp³-hybridized carbons (Fsp3) is 0.938. The molecule has 2 rings (SSSR count). The van der Waals surface area contributed by atoms with E-state index in [1.165, 1.54) is 32.2 Å². The van der Waals surface area contributed by atoms with E-state index in [-0.39, 0.29) is 0 Å². The van der Waals surface area contributed by atoms with E-state index in [0.717, 1.165) is 25.3 Å². The summed E-state index contributed by atoms with van der Waals surface area (Å²) in [6.07, 6.45) is 7.55. The van der Waals surface area contributed by atoms with E-state index in [2.05, 4.69) is 11.8 Å². The molecule has 1 heterocycles. The molecule has 0 bridgehead atoms. The van der Waals surface area contributed by atoms with Crippen molar-refractivity contribution in [2.24, 2.45) is 17.3 Å². The van der Waals surface area contributed by atoms with Crippen molar-refractivity contribution in [3.05, 3.63) is 0 Å². The van der Waals surface area contributed by atoms with Gasteiger partial charge in [-0.25, -0.2) is 0 Å². The molecule has 19 heavy (non-hydrogen) atoms. The molecule has 3 heteroatoms. The Bertz CT molecular complexity index is 327. The van der Waals surface area contributed by atoms with Gasteiger partial charge in [0, 0.05) is 12.6 Å². The monoisotopic (exact) mass is 267 g/mol. The van der Waals surface area contributed by atoms with Gasteiger partial charge in [-0.15, -0.1) is 0 Å². The smallest absolute Gasteiger partial charge is 0.309 e. The average Bonchev–Trinajstić information content (AvgIpc) is 2.38. The summed E-state index contributed by atoms with van der Waals surface area (Å²) in [5.41, 5.74) is -0.584. The van der Waals surface area contributed by atoms with Crippen LogP contribution in [0.15, 0.2) is 0 Å². The summed E-state index contributed by atoms with van der Waals surface area (Å²) in [6.45, 7) is 8.30. The molecular formula is C16H29NO2. The highest BCUT2D eigenvalue weighted by Crippen LogP contribution is 2.37. The van der Waals surface area contributed by atoms with Crippen molar-refractivity contribution in [2.45, 2.75) is 65.3 Å². The Morgan fingerprint density at radius 1 is 1.21 bits per heavy atom. The molecule has 0 radical (unpaired) electrons. The van der Waals surface area contributed by atoms with Crippen molar-refractivity contribution in [2.75, 3.05) is 13.1 Å². The minimum absolute atomic E-state index is 0.302. The molecule has 0 aromatic carbocycles. The Morgan fingerprint density at radius 2 is 1.95 bits per heavy atom. The number of nitrogens with zero attached hydrogens (tertiary/aromatic N) is 1. The topological polar surface area (TPSA) is 40.5 Å². The van der Waals surface area contributed by atoms with Crippen LogP contribution >= 0.6 is 0 Å². The van der Waals surface area contributed by atoms with E-state index in [1.54, 1.807) is 0 Å². The van der Waals surface area contributed by atoms with Crippen LogP contribution in [0, 0.1) is 17.3 Å². The van der Waals surface area contributed by atoms with Gasteiger partial charge < -0.3 is 10.0 Å². The van der Waals surface area contributed by atoms with Crippen LogP contribution in [0.2, 0.25) is 0 Å². The fourth-order valence-electron chi connectivity index (χ4n) is 3.84. The van der Waals surface area contributed by atoms with Gasteiger partial charge in [0.1, 0.15) is 0 Å². The Hall–Kier alpha value is -0.570. The van der Waals surface area contributed by atoms with Crippen molar-refractivity contribution >= 4 is 5.97 Å². The number of hydrogen-bond donors (Lipinski definition) is 1. The second-order valence-corrected chi connectivity index (χ2v) is 7.29. The summed E-state index contributed by atoms with van der Waals surface area (Å²) < 4.78 is 0. The maximum Gasteiger partial charge on any atom is 0.309 e. The molecule has 0 amide bonds. The number of hydrogen-bond acceptors (Lipinski definition) is 2. The van der Waals surface area contributed by atoms with Crippen molar-refractivity contribution in [3.63, 3.8) is 0 Å². The van der Waals surface area contributed by atoms with Gasteiger partial charge in [0.2, 0.25) is 0 Å². The Morgan fingerprint density at radius 3 is 2.58 bits per heavy atom. The first-order valence-corrected chi connectivity index (χ1v) is 7.88. The first-order valence-electron chi connectivity index (χ1n) is 7.88. The van der Waals surface area contributed by atoms with E-state index in [9.17, 15) is 9.90 Å². The minimum atomic E-state index is -0.642. The minimum Gasteiger partial charge on any atom is -0.481 e. The normalized spacial score (nSPS) is 34.2. The summed E-state index contributed by atoms with van der Waals surface area (Å²) in [4.78, 5) is 14.0. The lowest BCUT2D eigenvalue weighted by molar-refractivity contribution is -0.151. The third kappa shape index (κ3) is 3.31. The average molecular weight is 267 g/mol. The summed E-state index contributed by atoms with van der Waals surface area (Å²) >= 11 is 0. The number of piperidine rings is 1. The molecule has 2 aliphatic rings. The lowest BCUT2D eigenvalue weighted by Crippen LogP contribution is -2.49. The maximum atomic E-state index is 11.4. The predicted molar refractivity (Wildman–Crippen MR) is 77.1 cm³/mol. The van der Waals surface area contributed by atoms with Crippen LogP contribution in [0.25, 0.3) is 0 Å². The predicted octanol–water partition coefficient (Wildman–Crippen LogP) is 3.39. The summed E-state index contributed by atoms with van der Waals surface area (Å²) in [7, 11) is 0. The van der Waals surface area contributed by atoms with E-state index in [0.29, 0.717) is 12.0 Å². The molecule has 110 valence electrons. The zero-order valence-electron chi connectivity index (χ0n) is 12.7. The molecule has 3 atom stereocenters. The van der Waals surface area contributed by atoms with E-state index in [4.69, 9.17) is 0 Å². The first-order chi connectivity index (χ1) is 8.91. The van der Waals surface area contributed by atoms with Crippen LogP contribution in [-0.4, -0.2) is 35.1 Å². The highest BCUT2D eigenvalue weighted by molar-refractivity contribution is 5.74. The largest absolute Gasteiger partial charge is 0.481 e. The first kappa shape index (κ1) is 14.8. The molecule has 1 saturated heterocycles. The Labute approximate surface area is 117 Å². The third-order valence-electron chi connectivity index (χ3n) is 5.45. The summed E-state index contributed by atoms with van der Waals surface area (Å²) in [6, 6.07) is 0.705. The number of carboxylic acids is 1. The van der Waals surface area contributed by atoms with Crippen molar-refractivity contribution in [1.29, 1.82) is 0 Å². The number of rotatable bonds is 3. The lowest BCUT2D eigenvalue weighted by Gasteiger charge is -2.44. The van der Waals surface area contributed by atoms with E-state index >= 15 is 0 Å². The lowest BCUT2D eigenvalue weighted by atomic mass is 9.74. The molecule has 0 aromatic rings. The zero-order chi connectivity index (χ0) is 14.0. The zero-order valence-corrected chi connectivity index (χ0v) is 12.7. The quantitative estimate of drug-likeness (QED) is 0.852.